The standard InChI is InChI=1S/C14H18N2O2/c1-5-11-15-12-9(13(17)18)7-6-8-10(12)16(11)14(2,3)4/h6-8H,5H2,1-4H3,(H,17,18). The Labute approximate surface area is 106 Å². The molecule has 18 heavy (non-hydrogen) atoms. The number of hydrogen-bond donors (Lipinski definition) is 1. The minimum Gasteiger partial charge on any atom is -0.478 e. The summed E-state index contributed by atoms with van der Waals surface area (Å²) in [5.74, 6) is -0.00647. The van der Waals surface area contributed by atoms with E-state index in [1.807, 2.05) is 13.0 Å². The van der Waals surface area contributed by atoms with Crippen LogP contribution in [0.25, 0.3) is 11.0 Å². The summed E-state index contributed by atoms with van der Waals surface area (Å²) in [5.41, 5.74) is 1.62. The van der Waals surface area contributed by atoms with Crippen LogP contribution in [0.15, 0.2) is 18.2 Å². The van der Waals surface area contributed by atoms with Crippen LogP contribution in [0.2, 0.25) is 0 Å². The van der Waals surface area contributed by atoms with Crippen molar-refractivity contribution in [2.45, 2.75) is 39.7 Å². The number of benzene rings is 1. The van der Waals surface area contributed by atoms with Gasteiger partial charge in [0, 0.05) is 12.0 Å². The molecular weight excluding hydrogens is 228 g/mol. The molecule has 0 saturated heterocycles. The van der Waals surface area contributed by atoms with E-state index in [9.17, 15) is 9.90 Å². The second-order valence-electron chi connectivity index (χ2n) is 5.37. The Hall–Kier alpha value is -1.84. The molecule has 2 aromatic rings. The topological polar surface area (TPSA) is 55.1 Å². The van der Waals surface area contributed by atoms with E-state index in [2.05, 4.69) is 30.3 Å². The highest BCUT2D eigenvalue weighted by Crippen LogP contribution is 2.27. The molecule has 0 saturated carbocycles. The average molecular weight is 246 g/mol. The lowest BCUT2D eigenvalue weighted by Gasteiger charge is -2.24. The third-order valence-electron chi connectivity index (χ3n) is 2.97. The third kappa shape index (κ3) is 1.88. The number of hydrogen-bond acceptors (Lipinski definition) is 2. The van der Waals surface area contributed by atoms with Crippen molar-refractivity contribution in [2.75, 3.05) is 0 Å². The molecule has 0 unspecified atom stereocenters. The first-order valence-electron chi connectivity index (χ1n) is 6.10. The summed E-state index contributed by atoms with van der Waals surface area (Å²) in [6.07, 6.45) is 0.783. The minimum atomic E-state index is -0.929. The summed E-state index contributed by atoms with van der Waals surface area (Å²) in [6, 6.07) is 5.30. The maximum Gasteiger partial charge on any atom is 0.337 e. The van der Waals surface area contributed by atoms with E-state index in [1.165, 1.54) is 0 Å². The van der Waals surface area contributed by atoms with E-state index in [4.69, 9.17) is 0 Å². The van der Waals surface area contributed by atoms with Gasteiger partial charge in [-0.25, -0.2) is 9.78 Å². The first-order valence-corrected chi connectivity index (χ1v) is 6.10. The van der Waals surface area contributed by atoms with Crippen LogP contribution in [0.3, 0.4) is 0 Å². The molecule has 0 aliphatic rings. The van der Waals surface area contributed by atoms with Gasteiger partial charge in [0.05, 0.1) is 11.1 Å². The predicted molar refractivity (Wildman–Crippen MR) is 71.1 cm³/mol. The molecule has 0 amide bonds. The molecule has 2 rings (SSSR count). The highest BCUT2D eigenvalue weighted by molar-refractivity contribution is 6.01. The van der Waals surface area contributed by atoms with Crippen molar-refractivity contribution < 1.29 is 9.90 Å². The number of aryl methyl sites for hydroxylation is 1. The van der Waals surface area contributed by atoms with Gasteiger partial charge in [-0.3, -0.25) is 0 Å². The SMILES string of the molecule is CCc1nc2c(C(=O)O)cccc2n1C(C)(C)C. The van der Waals surface area contributed by atoms with Gasteiger partial charge in [-0.2, -0.15) is 0 Å². The number of aromatic nitrogens is 2. The molecular formula is C14H18N2O2. The molecule has 1 aromatic heterocycles. The first-order chi connectivity index (χ1) is 8.36. The van der Waals surface area contributed by atoms with Crippen LogP contribution in [0, 0.1) is 0 Å². The molecule has 1 N–H and O–H groups in total. The summed E-state index contributed by atoms with van der Waals surface area (Å²) in [5, 5.41) is 9.21. The van der Waals surface area contributed by atoms with Crippen LogP contribution < -0.4 is 0 Å². The largest absolute Gasteiger partial charge is 0.478 e. The fourth-order valence-electron chi connectivity index (χ4n) is 2.31. The Balaban J connectivity index is 2.86. The van der Waals surface area contributed by atoms with E-state index in [0.717, 1.165) is 17.8 Å². The van der Waals surface area contributed by atoms with Crippen LogP contribution in [-0.2, 0) is 12.0 Å². The monoisotopic (exact) mass is 246 g/mol. The highest BCUT2D eigenvalue weighted by atomic mass is 16.4. The van der Waals surface area contributed by atoms with Gasteiger partial charge in [0.2, 0.25) is 0 Å². The quantitative estimate of drug-likeness (QED) is 0.886. The third-order valence-corrected chi connectivity index (χ3v) is 2.97. The van der Waals surface area contributed by atoms with E-state index in [1.54, 1.807) is 12.1 Å². The molecule has 0 aliphatic carbocycles. The highest BCUT2D eigenvalue weighted by Gasteiger charge is 2.22. The zero-order valence-corrected chi connectivity index (χ0v) is 11.2. The molecule has 4 nitrogen and oxygen atoms in total. The van der Waals surface area contributed by atoms with Crippen LogP contribution in [0.4, 0.5) is 0 Å². The Bertz CT molecular complexity index is 606. The zero-order valence-electron chi connectivity index (χ0n) is 11.2. The Morgan fingerprint density at radius 2 is 2.06 bits per heavy atom. The molecule has 0 bridgehead atoms. The molecule has 4 heteroatoms. The predicted octanol–water partition coefficient (Wildman–Crippen LogP) is 3.05. The average Bonchev–Trinajstić information content (AvgIpc) is 2.65. The first kappa shape index (κ1) is 12.6. The van der Waals surface area contributed by atoms with E-state index < -0.39 is 5.97 Å². The number of carboxylic acids is 1. The fourth-order valence-corrected chi connectivity index (χ4v) is 2.31. The molecule has 1 aromatic carbocycles. The second-order valence-corrected chi connectivity index (χ2v) is 5.37. The maximum atomic E-state index is 11.2. The van der Waals surface area contributed by atoms with Gasteiger partial charge in [-0.1, -0.05) is 13.0 Å². The van der Waals surface area contributed by atoms with Crippen molar-refractivity contribution in [2.24, 2.45) is 0 Å². The fraction of sp³-hybridized carbons (Fsp3) is 0.429. The normalized spacial score (nSPS) is 12.0. The summed E-state index contributed by atoms with van der Waals surface area (Å²) >= 11 is 0. The number of carboxylic acid groups (broad SMARTS) is 1. The van der Waals surface area contributed by atoms with Gasteiger partial charge in [-0.15, -0.1) is 0 Å². The lowest BCUT2D eigenvalue weighted by molar-refractivity contribution is 0.0699. The smallest absolute Gasteiger partial charge is 0.337 e. The second kappa shape index (κ2) is 4.12. The molecule has 0 radical (unpaired) electrons. The van der Waals surface area contributed by atoms with Crippen molar-refractivity contribution in [3.8, 4) is 0 Å². The van der Waals surface area contributed by atoms with Crippen molar-refractivity contribution in [3.05, 3.63) is 29.6 Å². The molecule has 0 aliphatic heterocycles. The maximum absolute atomic E-state index is 11.2. The summed E-state index contributed by atoms with van der Waals surface area (Å²) in [6.45, 7) is 8.33. The van der Waals surface area contributed by atoms with Gasteiger partial charge in [0.15, 0.2) is 0 Å². The molecule has 0 fully saturated rings. The number of rotatable bonds is 2. The summed E-state index contributed by atoms with van der Waals surface area (Å²) in [7, 11) is 0. The van der Waals surface area contributed by atoms with Crippen molar-refractivity contribution in [3.63, 3.8) is 0 Å². The number of nitrogens with zero attached hydrogens (tertiary/aromatic N) is 2. The molecule has 0 spiro atoms. The molecule has 96 valence electrons. The van der Waals surface area contributed by atoms with Crippen molar-refractivity contribution in [1.82, 2.24) is 9.55 Å². The van der Waals surface area contributed by atoms with E-state index >= 15 is 0 Å². The van der Waals surface area contributed by atoms with Crippen molar-refractivity contribution in [1.29, 1.82) is 0 Å². The van der Waals surface area contributed by atoms with Crippen LogP contribution in [0.5, 0.6) is 0 Å². The van der Waals surface area contributed by atoms with Gasteiger partial charge in [0.25, 0.3) is 0 Å². The Morgan fingerprint density at radius 3 is 2.56 bits per heavy atom. The number of para-hydroxylation sites is 1. The lowest BCUT2D eigenvalue weighted by Crippen LogP contribution is -2.23. The number of aromatic carboxylic acids is 1. The lowest BCUT2D eigenvalue weighted by atomic mass is 10.1. The van der Waals surface area contributed by atoms with Gasteiger partial charge in [-0.05, 0) is 32.9 Å². The number of carbonyl (C=O) groups is 1. The number of imidazole rings is 1. The van der Waals surface area contributed by atoms with Gasteiger partial charge < -0.3 is 9.67 Å². The van der Waals surface area contributed by atoms with Gasteiger partial charge in [0.1, 0.15) is 11.3 Å². The Kier molecular flexibility index (Phi) is 2.89. The zero-order chi connectivity index (χ0) is 13.5. The van der Waals surface area contributed by atoms with Gasteiger partial charge >= 0.3 is 5.97 Å². The van der Waals surface area contributed by atoms with Crippen LogP contribution in [-0.4, -0.2) is 20.6 Å². The van der Waals surface area contributed by atoms with E-state index in [0.29, 0.717) is 5.52 Å². The molecule has 0 atom stereocenters. The number of fused-ring (bicyclic) bond motifs is 1. The van der Waals surface area contributed by atoms with Crippen molar-refractivity contribution >= 4 is 17.0 Å². The minimum absolute atomic E-state index is 0.114. The van der Waals surface area contributed by atoms with E-state index in [-0.39, 0.29) is 11.1 Å². The van der Waals surface area contributed by atoms with Crippen LogP contribution in [0.1, 0.15) is 43.9 Å². The summed E-state index contributed by atoms with van der Waals surface area (Å²) < 4.78 is 2.12. The summed E-state index contributed by atoms with van der Waals surface area (Å²) in [4.78, 5) is 15.7. The molecule has 1 heterocycles. The Morgan fingerprint density at radius 1 is 1.39 bits per heavy atom. The van der Waals surface area contributed by atoms with Crippen LogP contribution >= 0.6 is 0 Å².